The number of carboxylic acid groups (broad SMARTS) is 1. The Hall–Kier alpha value is -4.28. The third-order valence-electron chi connectivity index (χ3n) is 8.78. The van der Waals surface area contributed by atoms with Gasteiger partial charge in [0.05, 0.1) is 6.04 Å². The molecule has 50 heavy (non-hydrogen) atoms. The highest BCUT2D eigenvalue weighted by Gasteiger charge is 2.41. The molecule has 0 aliphatic carbocycles. The summed E-state index contributed by atoms with van der Waals surface area (Å²) in [7, 11) is 0. The number of hydrogen-bond acceptors (Lipinski definition) is 9. The molecular weight excluding hydrogens is 652 g/mol. The van der Waals surface area contributed by atoms with Crippen LogP contribution in [0.5, 0.6) is 0 Å². The standard InChI is InChI=1S/C33H56N8O9/c1-17(2)15-22(38-27(43)19(5)34)31(47)40-13-7-9-24(40)29(45)36-20(6)28(44)39-23(16-18(3)4)32(48)41-14-8-10-25(41)30(46)37-21(33(49)50)11-12-26(35)42/h17-25H,7-16,34H2,1-6H3,(H2,35,42)(H,36,45)(H,37,46)(H,38,43)(H,39,44)(H,49,50)/t19-,20-,21-,22-,23-,24-,25-/m0/s1. The first kappa shape index (κ1) is 41.9. The molecule has 7 atom stereocenters. The van der Waals surface area contributed by atoms with E-state index in [9.17, 15) is 43.5 Å². The van der Waals surface area contributed by atoms with Crippen molar-refractivity contribution in [2.24, 2.45) is 23.3 Å². The summed E-state index contributed by atoms with van der Waals surface area (Å²) in [6, 6.07) is -7.05. The van der Waals surface area contributed by atoms with Crippen molar-refractivity contribution in [2.45, 2.75) is 135 Å². The van der Waals surface area contributed by atoms with Gasteiger partial charge in [0.15, 0.2) is 0 Å². The van der Waals surface area contributed by atoms with Crippen molar-refractivity contribution in [2.75, 3.05) is 13.1 Å². The van der Waals surface area contributed by atoms with Crippen LogP contribution in [0.25, 0.3) is 0 Å². The monoisotopic (exact) mass is 708 g/mol. The minimum atomic E-state index is -1.37. The van der Waals surface area contributed by atoms with Crippen LogP contribution in [0.2, 0.25) is 0 Å². The van der Waals surface area contributed by atoms with E-state index in [1.807, 2.05) is 27.7 Å². The molecule has 0 saturated carbocycles. The largest absolute Gasteiger partial charge is 0.480 e. The van der Waals surface area contributed by atoms with Crippen LogP contribution in [0.4, 0.5) is 0 Å². The highest BCUT2D eigenvalue weighted by atomic mass is 16.4. The van der Waals surface area contributed by atoms with Gasteiger partial charge in [-0.2, -0.15) is 0 Å². The van der Waals surface area contributed by atoms with Crippen LogP contribution in [-0.2, 0) is 38.4 Å². The lowest BCUT2D eigenvalue weighted by molar-refractivity contribution is -0.145. The summed E-state index contributed by atoms with van der Waals surface area (Å²) in [5, 5.41) is 20.0. The maximum atomic E-state index is 13.8. The van der Waals surface area contributed by atoms with Crippen molar-refractivity contribution in [3.8, 4) is 0 Å². The third-order valence-corrected chi connectivity index (χ3v) is 8.78. The number of carbonyl (C=O) groups excluding carboxylic acids is 7. The van der Waals surface area contributed by atoms with Crippen LogP contribution in [0.15, 0.2) is 0 Å². The lowest BCUT2D eigenvalue weighted by Gasteiger charge is -2.31. The molecule has 17 nitrogen and oxygen atoms in total. The molecule has 0 aromatic rings. The molecule has 0 aromatic carbocycles. The minimum absolute atomic E-state index is 0.0474. The molecule has 0 aromatic heterocycles. The molecular formula is C33H56N8O9. The second kappa shape index (κ2) is 19.2. The van der Waals surface area contributed by atoms with E-state index in [4.69, 9.17) is 11.5 Å². The van der Waals surface area contributed by atoms with Crippen LogP contribution >= 0.6 is 0 Å². The van der Waals surface area contributed by atoms with Crippen molar-refractivity contribution >= 4 is 47.3 Å². The van der Waals surface area contributed by atoms with Gasteiger partial charge < -0.3 is 47.6 Å². The Morgan fingerprint density at radius 1 is 0.680 bits per heavy atom. The zero-order valence-electron chi connectivity index (χ0n) is 30.0. The van der Waals surface area contributed by atoms with Gasteiger partial charge >= 0.3 is 5.97 Å². The van der Waals surface area contributed by atoms with Gasteiger partial charge in [0.25, 0.3) is 0 Å². The van der Waals surface area contributed by atoms with Gasteiger partial charge in [-0.05, 0) is 70.6 Å². The van der Waals surface area contributed by atoms with Gasteiger partial charge in [-0.1, -0.05) is 27.7 Å². The quantitative estimate of drug-likeness (QED) is 0.0886. The second-order valence-corrected chi connectivity index (χ2v) is 14.2. The van der Waals surface area contributed by atoms with Gasteiger partial charge in [0.1, 0.15) is 36.3 Å². The van der Waals surface area contributed by atoms with E-state index < -0.39 is 89.6 Å². The average molecular weight is 709 g/mol. The van der Waals surface area contributed by atoms with Gasteiger partial charge in [-0.3, -0.25) is 33.6 Å². The van der Waals surface area contributed by atoms with Crippen molar-refractivity contribution in [1.82, 2.24) is 31.1 Å². The number of aliphatic carboxylic acids is 1. The molecule has 0 radical (unpaired) electrons. The molecule has 17 heteroatoms. The zero-order valence-corrected chi connectivity index (χ0v) is 30.0. The number of amides is 7. The predicted molar refractivity (Wildman–Crippen MR) is 181 cm³/mol. The van der Waals surface area contributed by atoms with Crippen LogP contribution in [-0.4, -0.2) is 118 Å². The van der Waals surface area contributed by atoms with Crippen molar-refractivity contribution in [3.63, 3.8) is 0 Å². The van der Waals surface area contributed by atoms with E-state index >= 15 is 0 Å². The predicted octanol–water partition coefficient (Wildman–Crippen LogP) is -1.28. The molecule has 2 fully saturated rings. The van der Waals surface area contributed by atoms with Gasteiger partial charge in [-0.15, -0.1) is 0 Å². The first-order valence-corrected chi connectivity index (χ1v) is 17.4. The molecule has 2 heterocycles. The normalized spacial score (nSPS) is 20.4. The number of rotatable bonds is 18. The number of carboxylic acids is 1. The fraction of sp³-hybridized carbons (Fsp3) is 0.758. The SMILES string of the molecule is CC(C)C[C@H](NC(=O)[C@H](C)N)C(=O)N1CCC[C@H]1C(=O)N[C@@H](C)C(=O)N[C@@H](CC(C)C)C(=O)N1CCC[C@H]1C(=O)N[C@@H](CCC(N)=O)C(=O)O. The second-order valence-electron chi connectivity index (χ2n) is 14.2. The van der Waals surface area contributed by atoms with Crippen molar-refractivity contribution < 1.29 is 43.5 Å². The summed E-state index contributed by atoms with van der Waals surface area (Å²) >= 11 is 0. The number of nitrogens with one attached hydrogen (secondary N) is 4. The Morgan fingerprint density at radius 3 is 1.52 bits per heavy atom. The summed E-state index contributed by atoms with van der Waals surface area (Å²) in [5.74, 6) is -5.33. The van der Waals surface area contributed by atoms with E-state index in [1.165, 1.54) is 23.6 Å². The smallest absolute Gasteiger partial charge is 0.326 e. The molecule has 0 bridgehead atoms. The summed E-state index contributed by atoms with van der Waals surface area (Å²) in [6.07, 6.45) is 1.78. The fourth-order valence-electron chi connectivity index (χ4n) is 6.18. The summed E-state index contributed by atoms with van der Waals surface area (Å²) in [5.41, 5.74) is 10.8. The molecule has 0 unspecified atom stereocenters. The minimum Gasteiger partial charge on any atom is -0.480 e. The number of hydrogen-bond donors (Lipinski definition) is 7. The molecule has 9 N–H and O–H groups in total. The number of likely N-dealkylation sites (tertiary alicyclic amines) is 2. The summed E-state index contributed by atoms with van der Waals surface area (Å²) in [4.78, 5) is 105. The molecule has 2 rings (SSSR count). The Balaban J connectivity index is 2.12. The molecule has 7 amide bonds. The van der Waals surface area contributed by atoms with E-state index in [1.54, 1.807) is 0 Å². The van der Waals surface area contributed by atoms with Gasteiger partial charge in [-0.25, -0.2) is 4.79 Å². The highest BCUT2D eigenvalue weighted by molar-refractivity contribution is 5.97. The van der Waals surface area contributed by atoms with Crippen LogP contribution in [0.1, 0.15) is 92.9 Å². The Morgan fingerprint density at radius 2 is 1.12 bits per heavy atom. The van der Waals surface area contributed by atoms with E-state index in [-0.39, 0.29) is 44.1 Å². The fourth-order valence-corrected chi connectivity index (χ4v) is 6.18. The Labute approximate surface area is 293 Å². The number of carbonyl (C=O) groups is 8. The van der Waals surface area contributed by atoms with Crippen LogP contribution < -0.4 is 32.7 Å². The molecule has 2 aliphatic rings. The van der Waals surface area contributed by atoms with Crippen molar-refractivity contribution in [1.29, 1.82) is 0 Å². The van der Waals surface area contributed by atoms with Gasteiger partial charge in [0, 0.05) is 19.5 Å². The number of nitrogens with two attached hydrogens (primary N) is 2. The molecule has 2 aliphatic heterocycles. The summed E-state index contributed by atoms with van der Waals surface area (Å²) in [6.45, 7) is 11.0. The van der Waals surface area contributed by atoms with Crippen molar-refractivity contribution in [3.05, 3.63) is 0 Å². The van der Waals surface area contributed by atoms with Gasteiger partial charge in [0.2, 0.25) is 41.4 Å². The topological polar surface area (TPSA) is 263 Å². The third kappa shape index (κ3) is 12.2. The molecule has 2 saturated heterocycles. The first-order chi connectivity index (χ1) is 23.3. The summed E-state index contributed by atoms with van der Waals surface area (Å²) < 4.78 is 0. The first-order valence-electron chi connectivity index (χ1n) is 17.4. The highest BCUT2D eigenvalue weighted by Crippen LogP contribution is 2.22. The number of nitrogens with zero attached hydrogens (tertiary/aromatic N) is 2. The Kier molecular flexibility index (Phi) is 16.1. The maximum absolute atomic E-state index is 13.8. The number of primary amides is 1. The average Bonchev–Trinajstić information content (AvgIpc) is 3.71. The lowest BCUT2D eigenvalue weighted by Crippen LogP contribution is -2.59. The molecule has 282 valence electrons. The molecule has 0 spiro atoms. The van der Waals surface area contributed by atoms with Crippen LogP contribution in [0.3, 0.4) is 0 Å². The maximum Gasteiger partial charge on any atom is 0.326 e. The van der Waals surface area contributed by atoms with Crippen LogP contribution in [0, 0.1) is 11.8 Å². The van der Waals surface area contributed by atoms with E-state index in [0.717, 1.165) is 0 Å². The van der Waals surface area contributed by atoms with E-state index in [0.29, 0.717) is 32.2 Å². The zero-order chi connectivity index (χ0) is 37.9. The lowest BCUT2D eigenvalue weighted by atomic mass is 10.0. The van der Waals surface area contributed by atoms with E-state index in [2.05, 4.69) is 21.3 Å². The Bertz CT molecular complexity index is 1270.